The summed E-state index contributed by atoms with van der Waals surface area (Å²) in [6.45, 7) is 17.8. The van der Waals surface area contributed by atoms with E-state index in [4.69, 9.17) is 8.85 Å². The minimum Gasteiger partial charge on any atom is -0.421 e. The van der Waals surface area contributed by atoms with Gasteiger partial charge in [-0.15, -0.1) is 0 Å². The van der Waals surface area contributed by atoms with Crippen LogP contribution in [0, 0.1) is 0 Å². The average molecular weight is 425 g/mol. The second-order valence-electron chi connectivity index (χ2n) is 8.51. The van der Waals surface area contributed by atoms with Crippen LogP contribution < -0.4 is 0 Å². The predicted octanol–water partition coefficient (Wildman–Crippen LogP) is 9.52. The van der Waals surface area contributed by atoms with Crippen molar-refractivity contribution in [3.8, 4) is 0 Å². The molecule has 0 rings (SSSR count). The molecule has 0 spiro atoms. The molecule has 0 amide bonds. The molecule has 0 aliphatic carbocycles. The van der Waals surface area contributed by atoms with E-state index in [1.54, 1.807) is 7.11 Å². The summed E-state index contributed by atoms with van der Waals surface area (Å²) in [6, 6.07) is 1.33. The van der Waals surface area contributed by atoms with Crippen molar-refractivity contribution in [3.63, 3.8) is 0 Å². The van der Waals surface area contributed by atoms with Gasteiger partial charge < -0.3 is 8.85 Å². The van der Waals surface area contributed by atoms with Gasteiger partial charge in [0.2, 0.25) is 0 Å². The highest BCUT2D eigenvalue weighted by Crippen LogP contribution is 2.16. The Balaban J connectivity index is -0.0000000978. The van der Waals surface area contributed by atoms with E-state index in [1.807, 2.05) is 7.11 Å². The molecule has 172 valence electrons. The van der Waals surface area contributed by atoms with Crippen molar-refractivity contribution in [2.75, 3.05) is 14.2 Å². The fourth-order valence-corrected chi connectivity index (χ4v) is 3.24. The van der Waals surface area contributed by atoms with Gasteiger partial charge in [-0.1, -0.05) is 99.8 Å². The first-order valence-electron chi connectivity index (χ1n) is 10.7. The van der Waals surface area contributed by atoms with Gasteiger partial charge in [0.05, 0.1) is 0 Å². The van der Waals surface area contributed by atoms with E-state index in [0.29, 0.717) is 0 Å². The summed E-state index contributed by atoms with van der Waals surface area (Å²) in [7, 11) is 1.26. The first kappa shape index (κ1) is 38.0. The molecule has 0 saturated heterocycles. The van der Waals surface area contributed by atoms with Crippen LogP contribution in [0.2, 0.25) is 38.8 Å². The van der Waals surface area contributed by atoms with Crippen molar-refractivity contribution >= 4 is 16.6 Å². The van der Waals surface area contributed by atoms with Gasteiger partial charge in [0.15, 0.2) is 16.6 Å². The largest absolute Gasteiger partial charge is 0.421 e. The Bertz CT molecular complexity index is 235. The van der Waals surface area contributed by atoms with E-state index in [0.717, 1.165) is 0 Å². The van der Waals surface area contributed by atoms with Gasteiger partial charge in [-0.2, -0.15) is 0 Å². The first-order chi connectivity index (χ1) is 11.6. The van der Waals surface area contributed by atoms with E-state index < -0.39 is 16.6 Å². The smallest absolute Gasteiger partial charge is 0.186 e. The molecule has 0 radical (unpaired) electrons. The predicted molar refractivity (Wildman–Crippen MR) is 136 cm³/mol. The van der Waals surface area contributed by atoms with Gasteiger partial charge in [0.1, 0.15) is 0 Å². The zero-order valence-electron chi connectivity index (χ0n) is 19.6. The van der Waals surface area contributed by atoms with Crippen LogP contribution in [-0.2, 0) is 8.85 Å². The van der Waals surface area contributed by atoms with Gasteiger partial charge in [0.25, 0.3) is 0 Å². The fourth-order valence-electron chi connectivity index (χ4n) is 1.93. The Kier molecular flexibility index (Phi) is 37.1. The number of unbranched alkanes of at least 4 members (excludes halogenated alkanes) is 8. The molecule has 0 atom stereocenters. The van der Waals surface area contributed by atoms with Crippen molar-refractivity contribution in [2.24, 2.45) is 0 Å². The molecular weight excluding hydrogens is 364 g/mol. The lowest BCUT2D eigenvalue weighted by atomic mass is 10.1. The van der Waals surface area contributed by atoms with Gasteiger partial charge in [-0.05, 0) is 38.8 Å². The zero-order chi connectivity index (χ0) is 20.2. The molecule has 0 saturated carbocycles. The van der Waals surface area contributed by atoms with E-state index in [2.05, 4.69) is 53.5 Å². The van der Waals surface area contributed by atoms with Crippen molar-refractivity contribution in [3.05, 3.63) is 0 Å². The molecule has 0 aliphatic heterocycles. The van der Waals surface area contributed by atoms with Gasteiger partial charge in [-0.3, -0.25) is 0 Å². The lowest BCUT2D eigenvalue weighted by molar-refractivity contribution is 0.400. The molecule has 0 aromatic heterocycles. The molecule has 0 unspecified atom stereocenters. The summed E-state index contributed by atoms with van der Waals surface area (Å²) < 4.78 is 10.6. The molecule has 0 N–H and O–H groups in total. The van der Waals surface area contributed by atoms with Crippen molar-refractivity contribution < 1.29 is 8.85 Å². The average Bonchev–Trinajstić information content (AvgIpc) is 2.56. The summed E-state index contributed by atoms with van der Waals surface area (Å²) in [4.78, 5) is 0. The Hall–Kier alpha value is 0.354. The standard InChI is InChI=1S/C11H26OSi.C6H14.C4H12OSi.2CH4/c1-5-6-7-8-9-10-11-13(3,4)12-2;1-3-5-6-4-2;1-5-6(2,3)4;;/h5-11H2,1-4H3;3-6H2,1-2H3;1-4H3;2*1H4. The van der Waals surface area contributed by atoms with Crippen molar-refractivity contribution in [2.45, 2.75) is 139 Å². The first-order valence-corrected chi connectivity index (χ1v) is 17.2. The summed E-state index contributed by atoms with van der Waals surface area (Å²) in [5.74, 6) is 0. The third-order valence-corrected chi connectivity index (χ3v) is 8.14. The highest BCUT2D eigenvalue weighted by Gasteiger charge is 2.18. The SMILES string of the molecule is C.C.CCCCCC.CCCCCCCC[Si](C)(C)OC.CO[Si](C)(C)C. The van der Waals surface area contributed by atoms with E-state index in [1.165, 1.54) is 70.3 Å². The topological polar surface area (TPSA) is 18.5 Å². The maximum Gasteiger partial charge on any atom is 0.186 e. The van der Waals surface area contributed by atoms with Crippen LogP contribution in [-0.4, -0.2) is 30.9 Å². The van der Waals surface area contributed by atoms with Crippen LogP contribution >= 0.6 is 0 Å². The highest BCUT2D eigenvalue weighted by molar-refractivity contribution is 6.71. The Morgan fingerprint density at radius 2 is 0.815 bits per heavy atom. The minimum absolute atomic E-state index is 0. The van der Waals surface area contributed by atoms with E-state index in [-0.39, 0.29) is 14.9 Å². The van der Waals surface area contributed by atoms with Crippen LogP contribution in [0.5, 0.6) is 0 Å². The summed E-state index contributed by atoms with van der Waals surface area (Å²) in [6.07, 6.45) is 13.9. The molecule has 27 heavy (non-hydrogen) atoms. The van der Waals surface area contributed by atoms with Crippen LogP contribution in [0.1, 0.15) is 99.8 Å². The third-order valence-electron chi connectivity index (χ3n) is 4.25. The maximum absolute atomic E-state index is 5.50. The summed E-state index contributed by atoms with van der Waals surface area (Å²) in [5, 5.41) is 0. The maximum atomic E-state index is 5.50. The minimum atomic E-state index is -1.25. The van der Waals surface area contributed by atoms with Gasteiger partial charge in [-0.25, -0.2) is 0 Å². The fraction of sp³-hybridized carbons (Fsp3) is 1.00. The molecular formula is C23H60O2Si2. The molecule has 0 bridgehead atoms. The molecule has 0 aliphatic rings. The molecule has 4 heteroatoms. The zero-order valence-corrected chi connectivity index (χ0v) is 21.6. The monoisotopic (exact) mass is 424 g/mol. The summed E-state index contributed by atoms with van der Waals surface area (Å²) >= 11 is 0. The van der Waals surface area contributed by atoms with Gasteiger partial charge in [0, 0.05) is 14.2 Å². The van der Waals surface area contributed by atoms with Crippen LogP contribution in [0.25, 0.3) is 0 Å². The van der Waals surface area contributed by atoms with E-state index in [9.17, 15) is 0 Å². The number of rotatable bonds is 12. The normalized spacial score (nSPS) is 10.4. The summed E-state index contributed by atoms with van der Waals surface area (Å²) in [5.41, 5.74) is 0. The Labute approximate surface area is 178 Å². The number of hydrogen-bond acceptors (Lipinski definition) is 2. The van der Waals surface area contributed by atoms with Crippen LogP contribution in [0.15, 0.2) is 0 Å². The third kappa shape index (κ3) is 46.4. The van der Waals surface area contributed by atoms with E-state index >= 15 is 0 Å². The van der Waals surface area contributed by atoms with Crippen molar-refractivity contribution in [1.82, 2.24) is 0 Å². The lowest BCUT2D eigenvalue weighted by Gasteiger charge is -2.19. The lowest BCUT2D eigenvalue weighted by Crippen LogP contribution is -2.27. The van der Waals surface area contributed by atoms with Crippen LogP contribution in [0.4, 0.5) is 0 Å². The second-order valence-corrected chi connectivity index (χ2v) is 17.6. The highest BCUT2D eigenvalue weighted by atomic mass is 28.4. The van der Waals surface area contributed by atoms with Crippen LogP contribution in [0.3, 0.4) is 0 Å². The second kappa shape index (κ2) is 26.4. The number of hydrogen-bond donors (Lipinski definition) is 0. The van der Waals surface area contributed by atoms with Gasteiger partial charge >= 0.3 is 0 Å². The van der Waals surface area contributed by atoms with Crippen molar-refractivity contribution in [1.29, 1.82) is 0 Å². The molecule has 0 aromatic carbocycles. The molecule has 0 aromatic rings. The quantitative estimate of drug-likeness (QED) is 0.229. The molecule has 2 nitrogen and oxygen atoms in total. The Morgan fingerprint density at radius 1 is 0.519 bits per heavy atom. The molecule has 0 heterocycles. The molecule has 0 fully saturated rings. The Morgan fingerprint density at radius 3 is 1.11 bits per heavy atom.